The number of fused-ring (bicyclic) bond motifs is 1. The predicted molar refractivity (Wildman–Crippen MR) is 155 cm³/mol. The Morgan fingerprint density at radius 2 is 1.14 bits per heavy atom. The lowest BCUT2D eigenvalue weighted by Gasteiger charge is -2.20. The first kappa shape index (κ1) is 30.1. The molecule has 0 atom stereocenters. The van der Waals surface area contributed by atoms with Crippen LogP contribution in [0.15, 0.2) is 84.4 Å². The van der Waals surface area contributed by atoms with Crippen LogP contribution in [0.1, 0.15) is 50.5 Å². The van der Waals surface area contributed by atoms with Gasteiger partial charge in [-0.25, -0.2) is 14.4 Å². The van der Waals surface area contributed by atoms with Crippen molar-refractivity contribution in [1.82, 2.24) is 0 Å². The highest BCUT2D eigenvalue weighted by atomic mass is 16.6. The number of nitro benzene ring substituents is 2. The summed E-state index contributed by atoms with van der Waals surface area (Å²) in [6, 6.07) is 16.1. The van der Waals surface area contributed by atoms with Crippen molar-refractivity contribution in [3.8, 4) is 11.5 Å². The zero-order valence-electron chi connectivity index (χ0n) is 23.2. The van der Waals surface area contributed by atoms with Crippen molar-refractivity contribution < 1.29 is 38.4 Å². The van der Waals surface area contributed by atoms with Gasteiger partial charge in [0.05, 0.1) is 28.1 Å². The molecule has 0 unspecified atom stereocenters. The Kier molecular flexibility index (Phi) is 8.90. The molecule has 0 N–H and O–H groups in total. The number of hydrogen-bond donors (Lipinski definition) is 0. The summed E-state index contributed by atoms with van der Waals surface area (Å²) < 4.78 is 16.7. The number of nitro groups is 2. The van der Waals surface area contributed by atoms with Gasteiger partial charge < -0.3 is 14.2 Å². The second kappa shape index (κ2) is 12.7. The molecule has 0 spiro atoms. The van der Waals surface area contributed by atoms with Crippen LogP contribution in [0, 0.1) is 20.2 Å². The van der Waals surface area contributed by atoms with Crippen molar-refractivity contribution in [3.63, 3.8) is 0 Å². The van der Waals surface area contributed by atoms with Crippen LogP contribution in [0.25, 0.3) is 10.8 Å². The molecule has 0 heterocycles. The number of esters is 3. The first-order valence-electron chi connectivity index (χ1n) is 12.7. The molecule has 0 aliphatic heterocycles. The van der Waals surface area contributed by atoms with Crippen molar-refractivity contribution in [3.05, 3.63) is 127 Å². The van der Waals surface area contributed by atoms with E-state index in [4.69, 9.17) is 14.2 Å². The predicted octanol–water partition coefficient (Wildman–Crippen LogP) is 6.39. The summed E-state index contributed by atoms with van der Waals surface area (Å²) in [6.45, 7) is 3.66. The molecule has 12 heteroatoms. The number of hydrogen-bond acceptors (Lipinski definition) is 10. The quantitative estimate of drug-likeness (QED) is 0.0707. The van der Waals surface area contributed by atoms with E-state index in [1.54, 1.807) is 30.3 Å². The lowest BCUT2D eigenvalue weighted by atomic mass is 9.94. The van der Waals surface area contributed by atoms with Crippen LogP contribution in [0.2, 0.25) is 0 Å². The normalized spacial score (nSPS) is 10.5. The van der Waals surface area contributed by atoms with E-state index in [2.05, 4.69) is 0 Å². The Morgan fingerprint density at radius 3 is 1.56 bits per heavy atom. The number of carbonyl (C=O) groups excluding carboxylic acids is 3. The topological polar surface area (TPSA) is 165 Å². The fourth-order valence-electron chi connectivity index (χ4n) is 4.21. The highest BCUT2D eigenvalue weighted by Crippen LogP contribution is 2.42. The van der Waals surface area contributed by atoms with E-state index in [9.17, 15) is 34.6 Å². The maximum absolute atomic E-state index is 13.3. The molecule has 0 aromatic heterocycles. The van der Waals surface area contributed by atoms with Gasteiger partial charge in [0.25, 0.3) is 11.4 Å². The largest absolute Gasteiger partial charge is 0.465 e. The third-order valence-corrected chi connectivity index (χ3v) is 6.34. The number of non-ortho nitro benzene ring substituents is 2. The fraction of sp³-hybridized carbons (Fsp3) is 0.129. The van der Waals surface area contributed by atoms with Crippen molar-refractivity contribution in [2.45, 2.75) is 20.3 Å². The monoisotopic (exact) mass is 584 g/mol. The molecular formula is C31H24N2O10. The Morgan fingerprint density at radius 1 is 0.698 bits per heavy atom. The summed E-state index contributed by atoms with van der Waals surface area (Å²) in [6.07, 6.45) is 1.85. The van der Waals surface area contributed by atoms with Gasteiger partial charge in [-0.1, -0.05) is 35.9 Å². The lowest BCUT2D eigenvalue weighted by molar-refractivity contribution is -0.385. The SMILES string of the molecule is COC(=O)c1c(CC=C(C)C)c(OC(=O)c2ccc([N+](=O)[O-])cc2)c2ccccc2c1OC(=O)c1ccc([N+](=O)[O-])cc1. The molecular weight excluding hydrogens is 560 g/mol. The zero-order valence-corrected chi connectivity index (χ0v) is 23.2. The molecule has 4 aromatic carbocycles. The average molecular weight is 585 g/mol. The first-order chi connectivity index (χ1) is 20.5. The molecule has 0 saturated heterocycles. The molecule has 12 nitrogen and oxygen atoms in total. The van der Waals surface area contributed by atoms with Crippen LogP contribution >= 0.6 is 0 Å². The van der Waals surface area contributed by atoms with Crippen LogP contribution in [0.5, 0.6) is 11.5 Å². The van der Waals surface area contributed by atoms with Crippen LogP contribution in [0.4, 0.5) is 11.4 Å². The highest BCUT2D eigenvalue weighted by molar-refractivity contribution is 6.09. The Labute approximate surface area is 244 Å². The van der Waals surface area contributed by atoms with Crippen molar-refractivity contribution in [2.75, 3.05) is 7.11 Å². The minimum Gasteiger partial charge on any atom is -0.465 e. The third kappa shape index (κ3) is 6.54. The van der Waals surface area contributed by atoms with Gasteiger partial charge >= 0.3 is 17.9 Å². The van der Waals surface area contributed by atoms with E-state index in [0.717, 1.165) is 24.8 Å². The molecule has 4 aromatic rings. The van der Waals surface area contributed by atoms with Gasteiger partial charge in [0.15, 0.2) is 5.75 Å². The molecule has 0 aliphatic carbocycles. The van der Waals surface area contributed by atoms with Gasteiger partial charge in [-0.3, -0.25) is 20.2 Å². The molecule has 0 fully saturated rings. The maximum Gasteiger partial charge on any atom is 0.343 e. The van der Waals surface area contributed by atoms with E-state index in [-0.39, 0.29) is 56.9 Å². The first-order valence-corrected chi connectivity index (χ1v) is 12.7. The number of benzene rings is 4. The molecule has 43 heavy (non-hydrogen) atoms. The van der Waals surface area contributed by atoms with Gasteiger partial charge in [-0.2, -0.15) is 0 Å². The second-order valence-electron chi connectivity index (χ2n) is 9.42. The zero-order chi connectivity index (χ0) is 31.3. The standard InChI is InChI=1S/C31H24N2O10/c1-18(2)8-17-25-26(31(36)41-3)28(43-30(35)20-11-15-22(16-12-20)33(39)40)24-7-5-4-6-23(24)27(25)42-29(34)19-9-13-21(14-10-19)32(37)38/h4-16H,17H2,1-3H3. The molecule has 0 aliphatic rings. The third-order valence-electron chi connectivity index (χ3n) is 6.34. The molecule has 218 valence electrons. The number of methoxy groups -OCH3 is 1. The number of carbonyl (C=O) groups is 3. The van der Waals surface area contributed by atoms with Crippen molar-refractivity contribution in [2.24, 2.45) is 0 Å². The van der Waals surface area contributed by atoms with E-state index >= 15 is 0 Å². The van der Waals surface area contributed by atoms with E-state index in [1.807, 2.05) is 13.8 Å². The minimum absolute atomic E-state index is 0.00647. The summed E-state index contributed by atoms with van der Waals surface area (Å²) in [5, 5.41) is 22.6. The molecule has 0 bridgehead atoms. The second-order valence-corrected chi connectivity index (χ2v) is 9.42. The van der Waals surface area contributed by atoms with Crippen LogP contribution < -0.4 is 9.47 Å². The van der Waals surface area contributed by atoms with Crippen LogP contribution in [-0.2, 0) is 11.2 Å². The Balaban J connectivity index is 1.91. The minimum atomic E-state index is -0.894. The van der Waals surface area contributed by atoms with E-state index in [0.29, 0.717) is 5.39 Å². The molecule has 4 rings (SSSR count). The number of ether oxygens (including phenoxy) is 3. The summed E-state index contributed by atoms with van der Waals surface area (Å²) in [7, 11) is 1.15. The van der Waals surface area contributed by atoms with Crippen LogP contribution in [-0.4, -0.2) is 34.9 Å². The summed E-state index contributed by atoms with van der Waals surface area (Å²) in [5.41, 5.74) is 0.482. The maximum atomic E-state index is 13.3. The van der Waals surface area contributed by atoms with Gasteiger partial charge in [-0.15, -0.1) is 0 Å². The van der Waals surface area contributed by atoms with Gasteiger partial charge in [-0.05, 0) is 44.5 Å². The number of allylic oxidation sites excluding steroid dienone is 2. The van der Waals surface area contributed by atoms with Crippen molar-refractivity contribution >= 4 is 40.1 Å². The lowest BCUT2D eigenvalue weighted by Crippen LogP contribution is -2.17. The highest BCUT2D eigenvalue weighted by Gasteiger charge is 2.29. The fourth-order valence-corrected chi connectivity index (χ4v) is 4.21. The Bertz CT molecular complexity index is 1790. The molecule has 0 saturated carbocycles. The number of rotatable bonds is 9. The van der Waals surface area contributed by atoms with Gasteiger partial charge in [0, 0.05) is 40.6 Å². The Hall–Kier alpha value is -5.91. The van der Waals surface area contributed by atoms with Gasteiger partial charge in [0.2, 0.25) is 0 Å². The van der Waals surface area contributed by atoms with Crippen LogP contribution in [0.3, 0.4) is 0 Å². The summed E-state index contributed by atoms with van der Waals surface area (Å²) >= 11 is 0. The number of nitrogens with zero attached hydrogens (tertiary/aromatic N) is 2. The summed E-state index contributed by atoms with van der Waals surface area (Å²) in [5.74, 6) is -2.76. The average Bonchev–Trinajstić information content (AvgIpc) is 3.00. The van der Waals surface area contributed by atoms with Gasteiger partial charge in [0.1, 0.15) is 11.3 Å². The van der Waals surface area contributed by atoms with Crippen molar-refractivity contribution in [1.29, 1.82) is 0 Å². The van der Waals surface area contributed by atoms with E-state index < -0.39 is 27.8 Å². The van der Waals surface area contributed by atoms with E-state index in [1.165, 1.54) is 36.4 Å². The molecule has 0 amide bonds. The smallest absolute Gasteiger partial charge is 0.343 e. The summed E-state index contributed by atoms with van der Waals surface area (Å²) in [4.78, 5) is 60.6. The molecule has 0 radical (unpaired) electrons.